The number of rotatable bonds is 4. The fourth-order valence-corrected chi connectivity index (χ4v) is 4.49. The highest BCUT2D eigenvalue weighted by molar-refractivity contribution is 7.89. The lowest BCUT2D eigenvalue weighted by Gasteiger charge is -2.30. The first-order valence-corrected chi connectivity index (χ1v) is 9.31. The molecule has 0 aliphatic carbocycles. The third-order valence-electron chi connectivity index (χ3n) is 4.23. The molecule has 3 rings (SSSR count). The third kappa shape index (κ3) is 3.90. The number of halogens is 4. The minimum absolute atomic E-state index is 0.00486. The molecule has 1 saturated heterocycles. The highest BCUT2D eigenvalue weighted by atomic mass is 32.2. The van der Waals surface area contributed by atoms with Crippen LogP contribution in [0.3, 0.4) is 0 Å². The van der Waals surface area contributed by atoms with E-state index in [1.807, 2.05) is 0 Å². The highest BCUT2D eigenvalue weighted by Crippen LogP contribution is 2.35. The van der Waals surface area contributed by atoms with Crippen molar-refractivity contribution in [1.29, 1.82) is 0 Å². The van der Waals surface area contributed by atoms with Gasteiger partial charge in [-0.2, -0.15) is 17.5 Å². The number of nitrogens with zero attached hydrogens (tertiary/aromatic N) is 3. The maximum atomic E-state index is 13.5. The molecule has 1 aromatic heterocycles. The molecular formula is C15H15F4N3O4S. The Hall–Kier alpha value is -2.21. The molecule has 2 heterocycles. The number of piperidine rings is 1. The number of sulfonamides is 1. The number of methoxy groups -OCH3 is 1. The Balaban J connectivity index is 1.75. The summed E-state index contributed by atoms with van der Waals surface area (Å²) in [4.78, 5) is -0.305. The number of aromatic nitrogens is 2. The number of hydrogen-bond donors (Lipinski definition) is 0. The fourth-order valence-electron chi connectivity index (χ4n) is 2.85. The lowest BCUT2D eigenvalue weighted by Crippen LogP contribution is -2.38. The van der Waals surface area contributed by atoms with Crippen molar-refractivity contribution in [3.8, 4) is 5.75 Å². The predicted molar refractivity (Wildman–Crippen MR) is 83.0 cm³/mol. The van der Waals surface area contributed by atoms with Crippen LogP contribution in [0.4, 0.5) is 17.6 Å². The molecule has 0 spiro atoms. The molecule has 0 amide bonds. The Morgan fingerprint density at radius 1 is 1.22 bits per heavy atom. The molecule has 0 atom stereocenters. The van der Waals surface area contributed by atoms with Crippen LogP contribution >= 0.6 is 0 Å². The van der Waals surface area contributed by atoms with Crippen molar-refractivity contribution in [2.45, 2.75) is 29.8 Å². The summed E-state index contributed by atoms with van der Waals surface area (Å²) in [5.74, 6) is -2.82. The van der Waals surface area contributed by atoms with E-state index in [1.54, 1.807) is 0 Å². The molecular weight excluding hydrogens is 394 g/mol. The van der Waals surface area contributed by atoms with Crippen molar-refractivity contribution >= 4 is 10.0 Å². The Labute approximate surface area is 152 Å². The molecule has 12 heteroatoms. The predicted octanol–water partition coefficient (Wildman–Crippen LogP) is 2.80. The average Bonchev–Trinajstić information content (AvgIpc) is 3.12. The Morgan fingerprint density at radius 3 is 2.44 bits per heavy atom. The van der Waals surface area contributed by atoms with E-state index in [2.05, 4.69) is 14.6 Å². The van der Waals surface area contributed by atoms with E-state index in [-0.39, 0.29) is 42.5 Å². The smallest absolute Gasteiger partial charge is 0.470 e. The molecule has 0 unspecified atom stereocenters. The van der Waals surface area contributed by atoms with Gasteiger partial charge in [0.1, 0.15) is 16.5 Å². The number of benzene rings is 1. The lowest BCUT2D eigenvalue weighted by molar-refractivity contribution is -0.157. The van der Waals surface area contributed by atoms with E-state index in [1.165, 1.54) is 13.2 Å². The second kappa shape index (κ2) is 7.08. The minimum atomic E-state index is -4.73. The summed E-state index contributed by atoms with van der Waals surface area (Å²) >= 11 is 0. The van der Waals surface area contributed by atoms with Crippen molar-refractivity contribution < 1.29 is 35.1 Å². The zero-order valence-electron chi connectivity index (χ0n) is 14.0. The topological polar surface area (TPSA) is 85.5 Å². The van der Waals surface area contributed by atoms with Crippen molar-refractivity contribution in [2.24, 2.45) is 0 Å². The van der Waals surface area contributed by atoms with Gasteiger partial charge in [0.15, 0.2) is 0 Å². The van der Waals surface area contributed by atoms with E-state index in [4.69, 9.17) is 4.74 Å². The number of hydrogen-bond acceptors (Lipinski definition) is 6. The van der Waals surface area contributed by atoms with Crippen LogP contribution in [0, 0.1) is 5.82 Å². The molecule has 1 aliphatic heterocycles. The molecule has 1 aromatic carbocycles. The second-order valence-corrected chi connectivity index (χ2v) is 7.82. The van der Waals surface area contributed by atoms with Gasteiger partial charge in [-0.15, -0.1) is 10.2 Å². The molecule has 148 valence electrons. The Morgan fingerprint density at radius 2 is 1.89 bits per heavy atom. The van der Waals surface area contributed by atoms with E-state index in [9.17, 15) is 26.0 Å². The molecule has 0 radical (unpaired) electrons. The van der Waals surface area contributed by atoms with Gasteiger partial charge in [-0.1, -0.05) is 0 Å². The largest absolute Gasteiger partial charge is 0.495 e. The Bertz CT molecular complexity index is 921. The SMILES string of the molecule is COc1ccc(F)cc1S(=O)(=O)N1CCC(c2nnc(C(F)(F)F)o2)CC1. The van der Waals surface area contributed by atoms with Gasteiger partial charge in [0, 0.05) is 19.0 Å². The average molecular weight is 409 g/mol. The van der Waals surface area contributed by atoms with Crippen LogP contribution in [0.1, 0.15) is 30.5 Å². The van der Waals surface area contributed by atoms with E-state index in [0.29, 0.717) is 0 Å². The van der Waals surface area contributed by atoms with Gasteiger partial charge in [-0.3, -0.25) is 0 Å². The summed E-state index contributed by atoms with van der Waals surface area (Å²) in [7, 11) is -2.76. The molecule has 7 nitrogen and oxygen atoms in total. The van der Waals surface area contributed by atoms with Crippen molar-refractivity contribution in [3.63, 3.8) is 0 Å². The highest BCUT2D eigenvalue weighted by Gasteiger charge is 2.40. The molecule has 0 saturated carbocycles. The summed E-state index contributed by atoms with van der Waals surface area (Å²) in [6, 6.07) is 3.16. The first-order chi connectivity index (χ1) is 12.6. The maximum absolute atomic E-state index is 13.5. The van der Waals surface area contributed by atoms with Gasteiger partial charge in [0.25, 0.3) is 0 Å². The summed E-state index contributed by atoms with van der Waals surface area (Å²) in [5, 5.41) is 6.40. The van der Waals surface area contributed by atoms with Crippen molar-refractivity contribution in [2.75, 3.05) is 20.2 Å². The zero-order chi connectivity index (χ0) is 19.8. The maximum Gasteiger partial charge on any atom is 0.470 e. The van der Waals surface area contributed by atoms with Crippen LogP contribution in [-0.4, -0.2) is 43.1 Å². The van der Waals surface area contributed by atoms with E-state index >= 15 is 0 Å². The van der Waals surface area contributed by atoms with E-state index < -0.39 is 33.8 Å². The quantitative estimate of drug-likeness (QED) is 0.722. The van der Waals surface area contributed by atoms with Crippen LogP contribution in [0.2, 0.25) is 0 Å². The molecule has 0 N–H and O–H groups in total. The standard InChI is InChI=1S/C15H15F4N3O4S/c1-25-11-3-2-10(16)8-12(11)27(23,24)22-6-4-9(5-7-22)13-20-21-14(26-13)15(17,18)19/h2-3,8-9H,4-7H2,1H3. The number of ether oxygens (including phenoxy) is 1. The summed E-state index contributed by atoms with van der Waals surface area (Å²) in [6.45, 7) is 0.0206. The van der Waals surface area contributed by atoms with Gasteiger partial charge < -0.3 is 9.15 Å². The fraction of sp³-hybridized carbons (Fsp3) is 0.467. The molecule has 1 aliphatic rings. The lowest BCUT2D eigenvalue weighted by atomic mass is 9.98. The van der Waals surface area contributed by atoms with Crippen molar-refractivity contribution in [1.82, 2.24) is 14.5 Å². The van der Waals surface area contributed by atoms with Crippen LogP contribution in [-0.2, 0) is 16.2 Å². The molecule has 1 fully saturated rings. The minimum Gasteiger partial charge on any atom is -0.495 e. The summed E-state index contributed by atoms with van der Waals surface area (Å²) in [5.41, 5.74) is 0. The molecule has 2 aromatic rings. The van der Waals surface area contributed by atoms with Gasteiger partial charge in [0.05, 0.1) is 7.11 Å². The Kier molecular flexibility index (Phi) is 5.12. The zero-order valence-corrected chi connectivity index (χ0v) is 14.8. The molecule has 0 bridgehead atoms. The normalized spacial score (nSPS) is 17.2. The first-order valence-electron chi connectivity index (χ1n) is 7.87. The van der Waals surface area contributed by atoms with Crippen LogP contribution < -0.4 is 4.74 Å². The second-order valence-electron chi connectivity index (χ2n) is 5.92. The monoisotopic (exact) mass is 409 g/mol. The first kappa shape index (κ1) is 19.5. The van der Waals surface area contributed by atoms with Gasteiger partial charge in [0.2, 0.25) is 15.9 Å². The number of alkyl halides is 3. The van der Waals surface area contributed by atoms with Crippen LogP contribution in [0.15, 0.2) is 27.5 Å². The summed E-state index contributed by atoms with van der Waals surface area (Å²) < 4.78 is 87.5. The summed E-state index contributed by atoms with van der Waals surface area (Å²) in [6.07, 6.45) is -4.35. The van der Waals surface area contributed by atoms with Crippen LogP contribution in [0.5, 0.6) is 5.75 Å². The van der Waals surface area contributed by atoms with Gasteiger partial charge in [-0.05, 0) is 31.0 Å². The van der Waals surface area contributed by atoms with Crippen molar-refractivity contribution in [3.05, 3.63) is 35.8 Å². The third-order valence-corrected chi connectivity index (χ3v) is 6.15. The molecule has 27 heavy (non-hydrogen) atoms. The van der Waals surface area contributed by atoms with Crippen LogP contribution in [0.25, 0.3) is 0 Å². The van der Waals surface area contributed by atoms with Gasteiger partial charge >= 0.3 is 12.1 Å². The van der Waals surface area contributed by atoms with Gasteiger partial charge in [-0.25, -0.2) is 12.8 Å². The van der Waals surface area contributed by atoms with E-state index in [0.717, 1.165) is 16.4 Å².